The molecular formula is C12H8N2O2. The van der Waals surface area contributed by atoms with Crippen LogP contribution >= 0.6 is 0 Å². The third-order valence-corrected chi connectivity index (χ3v) is 2.63. The lowest BCUT2D eigenvalue weighted by Gasteiger charge is -2.01. The summed E-state index contributed by atoms with van der Waals surface area (Å²) in [5.74, 6) is 0. The van der Waals surface area contributed by atoms with E-state index in [2.05, 4.69) is 4.90 Å². The molecule has 0 radical (unpaired) electrons. The minimum Gasteiger partial charge on any atom is -0.306 e. The molecule has 0 unspecified atom stereocenters. The fraction of sp³-hybridized carbons (Fsp3) is 0. The predicted octanol–water partition coefficient (Wildman–Crippen LogP) is 3.38. The minimum absolute atomic E-state index is 0.120. The highest BCUT2D eigenvalue weighted by atomic mass is 16.6. The normalized spacial score (nSPS) is 12.1. The lowest BCUT2D eigenvalue weighted by molar-refractivity contribution is -0.384. The van der Waals surface area contributed by atoms with E-state index in [9.17, 15) is 10.1 Å². The standard InChI is InChI=1S/C12H8N2O2/c15-14(16)10-7-5-9(6-8-10)13-11-3-1-2-4-12(11)13/h1-8H. The second-order valence-corrected chi connectivity index (χ2v) is 3.60. The van der Waals surface area contributed by atoms with Crippen LogP contribution in [0.4, 0.5) is 22.7 Å². The molecule has 4 heteroatoms. The van der Waals surface area contributed by atoms with Gasteiger partial charge in [0.15, 0.2) is 0 Å². The summed E-state index contributed by atoms with van der Waals surface area (Å²) in [6.07, 6.45) is 0. The second kappa shape index (κ2) is 3.06. The van der Waals surface area contributed by atoms with Crippen LogP contribution in [0.25, 0.3) is 0 Å². The van der Waals surface area contributed by atoms with Gasteiger partial charge in [-0.3, -0.25) is 10.1 Å². The van der Waals surface area contributed by atoms with Crippen LogP contribution < -0.4 is 4.90 Å². The zero-order valence-electron chi connectivity index (χ0n) is 8.33. The van der Waals surface area contributed by atoms with E-state index in [0.29, 0.717) is 0 Å². The van der Waals surface area contributed by atoms with Crippen LogP contribution in [-0.4, -0.2) is 4.92 Å². The summed E-state index contributed by atoms with van der Waals surface area (Å²) in [5.41, 5.74) is 3.41. The predicted molar refractivity (Wildman–Crippen MR) is 61.3 cm³/mol. The van der Waals surface area contributed by atoms with Crippen molar-refractivity contribution in [3.05, 3.63) is 58.6 Å². The molecule has 0 amide bonds. The van der Waals surface area contributed by atoms with Crippen molar-refractivity contribution in [2.75, 3.05) is 4.90 Å². The van der Waals surface area contributed by atoms with Crippen molar-refractivity contribution in [3.63, 3.8) is 0 Å². The van der Waals surface area contributed by atoms with Gasteiger partial charge >= 0.3 is 0 Å². The molecule has 2 aromatic carbocycles. The number of nitro groups is 1. The Morgan fingerprint density at radius 3 is 2.00 bits per heavy atom. The average molecular weight is 212 g/mol. The first kappa shape index (κ1) is 8.91. The highest BCUT2D eigenvalue weighted by Crippen LogP contribution is 2.53. The lowest BCUT2D eigenvalue weighted by atomic mass is 10.3. The molecule has 1 aliphatic heterocycles. The molecule has 0 bridgehead atoms. The monoisotopic (exact) mass is 212 g/mol. The molecule has 0 saturated heterocycles. The summed E-state index contributed by atoms with van der Waals surface area (Å²) < 4.78 is 0. The Balaban J connectivity index is 1.91. The Kier molecular flexibility index (Phi) is 1.71. The molecule has 78 valence electrons. The maximum absolute atomic E-state index is 10.5. The molecule has 3 rings (SSSR count). The zero-order valence-corrected chi connectivity index (χ0v) is 8.33. The Bertz CT molecular complexity index is 540. The highest BCUT2D eigenvalue weighted by Gasteiger charge is 2.29. The van der Waals surface area contributed by atoms with E-state index >= 15 is 0 Å². The van der Waals surface area contributed by atoms with Crippen LogP contribution in [-0.2, 0) is 0 Å². The molecular weight excluding hydrogens is 204 g/mol. The summed E-state index contributed by atoms with van der Waals surface area (Å²) in [6, 6.07) is 14.6. The molecule has 0 spiro atoms. The van der Waals surface area contributed by atoms with E-state index in [1.807, 2.05) is 24.3 Å². The Morgan fingerprint density at radius 2 is 1.50 bits per heavy atom. The van der Waals surface area contributed by atoms with Crippen molar-refractivity contribution in [1.29, 1.82) is 0 Å². The number of fused-ring (bicyclic) bond motifs is 1. The Labute approximate surface area is 91.9 Å². The molecule has 0 aliphatic carbocycles. The van der Waals surface area contributed by atoms with Crippen LogP contribution in [0.15, 0.2) is 48.5 Å². The minimum atomic E-state index is -0.390. The van der Waals surface area contributed by atoms with E-state index in [0.717, 1.165) is 17.1 Å². The van der Waals surface area contributed by atoms with Crippen LogP contribution in [0.2, 0.25) is 0 Å². The van der Waals surface area contributed by atoms with Crippen molar-refractivity contribution < 1.29 is 4.92 Å². The van der Waals surface area contributed by atoms with Crippen molar-refractivity contribution in [3.8, 4) is 0 Å². The number of nitro benzene ring substituents is 1. The molecule has 1 heterocycles. The van der Waals surface area contributed by atoms with Gasteiger partial charge < -0.3 is 4.90 Å². The summed E-state index contributed by atoms with van der Waals surface area (Å²) >= 11 is 0. The van der Waals surface area contributed by atoms with Crippen molar-refractivity contribution >= 4 is 22.7 Å². The largest absolute Gasteiger partial charge is 0.306 e. The van der Waals surface area contributed by atoms with Crippen LogP contribution in [0.5, 0.6) is 0 Å². The molecule has 2 aromatic rings. The molecule has 0 atom stereocenters. The Morgan fingerprint density at radius 1 is 0.938 bits per heavy atom. The number of rotatable bonds is 2. The second-order valence-electron chi connectivity index (χ2n) is 3.60. The van der Waals surface area contributed by atoms with Gasteiger partial charge in [0.1, 0.15) is 0 Å². The van der Waals surface area contributed by atoms with Gasteiger partial charge in [-0.05, 0) is 24.3 Å². The molecule has 0 N–H and O–H groups in total. The summed E-state index contributed by atoms with van der Waals surface area (Å²) in [4.78, 5) is 12.2. The third kappa shape index (κ3) is 1.24. The number of benzene rings is 2. The zero-order chi connectivity index (χ0) is 11.1. The summed E-state index contributed by atoms with van der Waals surface area (Å²) in [6.45, 7) is 0. The van der Waals surface area contributed by atoms with Crippen LogP contribution in [0.1, 0.15) is 0 Å². The van der Waals surface area contributed by atoms with Gasteiger partial charge in [0.05, 0.1) is 16.3 Å². The van der Waals surface area contributed by atoms with E-state index in [1.165, 1.54) is 12.1 Å². The first-order valence-electron chi connectivity index (χ1n) is 4.91. The smallest absolute Gasteiger partial charge is 0.269 e. The van der Waals surface area contributed by atoms with Gasteiger partial charge in [0.2, 0.25) is 0 Å². The van der Waals surface area contributed by atoms with Gasteiger partial charge in [-0.1, -0.05) is 12.1 Å². The SMILES string of the molecule is O=[N+]([O-])c1ccc(N2c3ccccc32)cc1. The Hall–Kier alpha value is -2.36. The van der Waals surface area contributed by atoms with Crippen molar-refractivity contribution in [2.24, 2.45) is 0 Å². The fourth-order valence-electron chi connectivity index (χ4n) is 1.81. The number of hydrogen-bond acceptors (Lipinski definition) is 3. The van der Waals surface area contributed by atoms with Crippen molar-refractivity contribution in [2.45, 2.75) is 0 Å². The van der Waals surface area contributed by atoms with E-state index in [4.69, 9.17) is 0 Å². The fourth-order valence-corrected chi connectivity index (χ4v) is 1.81. The molecule has 16 heavy (non-hydrogen) atoms. The van der Waals surface area contributed by atoms with E-state index < -0.39 is 0 Å². The molecule has 0 saturated carbocycles. The maximum atomic E-state index is 10.5. The van der Waals surface area contributed by atoms with Gasteiger partial charge in [0.25, 0.3) is 5.69 Å². The molecule has 4 nitrogen and oxygen atoms in total. The summed E-state index contributed by atoms with van der Waals surface area (Å²) in [7, 11) is 0. The lowest BCUT2D eigenvalue weighted by Crippen LogP contribution is -1.90. The van der Waals surface area contributed by atoms with E-state index in [-0.39, 0.29) is 10.6 Å². The highest BCUT2D eigenvalue weighted by molar-refractivity contribution is 6.00. The van der Waals surface area contributed by atoms with Gasteiger partial charge in [-0.2, -0.15) is 0 Å². The van der Waals surface area contributed by atoms with Crippen molar-refractivity contribution in [1.82, 2.24) is 0 Å². The van der Waals surface area contributed by atoms with Gasteiger partial charge in [-0.15, -0.1) is 0 Å². The van der Waals surface area contributed by atoms with Gasteiger partial charge in [-0.25, -0.2) is 0 Å². The van der Waals surface area contributed by atoms with Gasteiger partial charge in [0, 0.05) is 17.8 Å². The number of para-hydroxylation sites is 2. The molecule has 0 fully saturated rings. The number of hydrogen-bond donors (Lipinski definition) is 0. The first-order valence-corrected chi connectivity index (χ1v) is 4.91. The van der Waals surface area contributed by atoms with E-state index in [1.54, 1.807) is 12.1 Å². The van der Waals surface area contributed by atoms with Crippen LogP contribution in [0, 0.1) is 10.1 Å². The van der Waals surface area contributed by atoms with Crippen LogP contribution in [0.3, 0.4) is 0 Å². The topological polar surface area (TPSA) is 46.1 Å². The number of non-ortho nitro benzene ring substituents is 1. The molecule has 1 aliphatic rings. The number of anilines is 3. The molecule has 0 aromatic heterocycles. The average Bonchev–Trinajstić information content (AvgIpc) is 3.03. The number of nitrogens with zero attached hydrogens (tertiary/aromatic N) is 2. The summed E-state index contributed by atoms with van der Waals surface area (Å²) in [5, 5.41) is 10.5. The third-order valence-electron chi connectivity index (χ3n) is 2.63. The maximum Gasteiger partial charge on any atom is 0.269 e. The first-order chi connectivity index (χ1) is 7.77. The quantitative estimate of drug-likeness (QED) is 0.371.